The molecule has 0 bridgehead atoms. The first kappa shape index (κ1) is 18.6. The van der Waals surface area contributed by atoms with Gasteiger partial charge in [0.2, 0.25) is 0 Å². The molecule has 0 aliphatic carbocycles. The second-order valence-electron chi connectivity index (χ2n) is 5.57. The predicted octanol–water partition coefficient (Wildman–Crippen LogP) is 5.26. The molecule has 0 aliphatic heterocycles. The topological polar surface area (TPSA) is 41.6 Å². The highest BCUT2D eigenvalue weighted by Gasteiger charge is 2.12. The molecule has 0 aromatic heterocycles. The highest BCUT2D eigenvalue weighted by Crippen LogP contribution is 2.25. The van der Waals surface area contributed by atoms with E-state index < -0.39 is 0 Å². The van der Waals surface area contributed by atoms with E-state index in [-0.39, 0.29) is 6.03 Å². The number of nitrogens with zero attached hydrogens (tertiary/aromatic N) is 1. The Hall–Kier alpha value is -1.72. The number of carbonyl (C=O) groups excluding carboxylic acids is 1. The Bertz CT molecular complexity index is 696. The molecule has 0 aliphatic rings. The minimum absolute atomic E-state index is 0.164. The SMILES string of the molecule is Cc1cc(Br)cc(C)c1NC(=O)N(C)CCOc1ccc(Cl)cc1. The molecule has 0 saturated heterocycles. The van der Waals surface area contributed by atoms with Crippen LogP contribution in [0.25, 0.3) is 0 Å². The highest BCUT2D eigenvalue weighted by molar-refractivity contribution is 9.10. The summed E-state index contributed by atoms with van der Waals surface area (Å²) in [5, 5.41) is 3.62. The Morgan fingerprint density at radius 1 is 1.21 bits per heavy atom. The van der Waals surface area contributed by atoms with Crippen LogP contribution in [0, 0.1) is 13.8 Å². The van der Waals surface area contributed by atoms with Crippen molar-refractivity contribution in [3.8, 4) is 5.75 Å². The first-order chi connectivity index (χ1) is 11.4. The Kier molecular flexibility index (Phi) is 6.52. The lowest BCUT2D eigenvalue weighted by molar-refractivity contribution is 0.207. The van der Waals surface area contributed by atoms with Crippen molar-refractivity contribution in [1.82, 2.24) is 4.90 Å². The molecule has 2 aromatic rings. The van der Waals surface area contributed by atoms with Crippen molar-refractivity contribution in [3.05, 3.63) is 57.0 Å². The summed E-state index contributed by atoms with van der Waals surface area (Å²) in [5.74, 6) is 0.729. The van der Waals surface area contributed by atoms with Crippen molar-refractivity contribution in [2.45, 2.75) is 13.8 Å². The van der Waals surface area contributed by atoms with Crippen LogP contribution in [-0.4, -0.2) is 31.1 Å². The summed E-state index contributed by atoms with van der Waals surface area (Å²) in [6.07, 6.45) is 0. The molecule has 0 unspecified atom stereocenters. The van der Waals surface area contributed by atoms with Gasteiger partial charge in [0.25, 0.3) is 0 Å². The van der Waals surface area contributed by atoms with Crippen molar-refractivity contribution in [2.75, 3.05) is 25.5 Å². The zero-order valence-electron chi connectivity index (χ0n) is 13.9. The van der Waals surface area contributed by atoms with Crippen LogP contribution >= 0.6 is 27.5 Å². The number of aryl methyl sites for hydroxylation is 2. The average Bonchev–Trinajstić information content (AvgIpc) is 2.52. The van der Waals surface area contributed by atoms with Crippen LogP contribution in [0.1, 0.15) is 11.1 Å². The van der Waals surface area contributed by atoms with Crippen molar-refractivity contribution in [2.24, 2.45) is 0 Å². The number of hydrogen-bond acceptors (Lipinski definition) is 2. The molecule has 0 saturated carbocycles. The summed E-state index contributed by atoms with van der Waals surface area (Å²) in [4.78, 5) is 13.9. The summed E-state index contributed by atoms with van der Waals surface area (Å²) < 4.78 is 6.61. The molecule has 0 spiro atoms. The quantitative estimate of drug-likeness (QED) is 0.729. The molecule has 0 radical (unpaired) electrons. The van der Waals surface area contributed by atoms with E-state index in [2.05, 4.69) is 21.2 Å². The number of benzene rings is 2. The lowest BCUT2D eigenvalue weighted by Crippen LogP contribution is -2.34. The van der Waals surface area contributed by atoms with Gasteiger partial charge in [0.05, 0.1) is 6.54 Å². The van der Waals surface area contributed by atoms with E-state index in [4.69, 9.17) is 16.3 Å². The van der Waals surface area contributed by atoms with Gasteiger partial charge < -0.3 is 15.0 Å². The lowest BCUT2D eigenvalue weighted by atomic mass is 10.1. The van der Waals surface area contributed by atoms with Crippen LogP contribution in [-0.2, 0) is 0 Å². The van der Waals surface area contributed by atoms with Crippen molar-refractivity contribution < 1.29 is 9.53 Å². The van der Waals surface area contributed by atoms with Gasteiger partial charge in [0, 0.05) is 22.2 Å². The van der Waals surface area contributed by atoms with Gasteiger partial charge in [-0.3, -0.25) is 0 Å². The molecule has 24 heavy (non-hydrogen) atoms. The van der Waals surface area contributed by atoms with E-state index in [0.717, 1.165) is 27.0 Å². The molecule has 0 atom stereocenters. The first-order valence-electron chi connectivity index (χ1n) is 7.54. The Labute approximate surface area is 155 Å². The fourth-order valence-electron chi connectivity index (χ4n) is 2.24. The molecule has 6 heteroatoms. The monoisotopic (exact) mass is 410 g/mol. The fraction of sp³-hybridized carbons (Fsp3) is 0.278. The number of halogens is 2. The predicted molar refractivity (Wildman–Crippen MR) is 102 cm³/mol. The van der Waals surface area contributed by atoms with E-state index in [1.54, 1.807) is 36.2 Å². The maximum atomic E-state index is 12.3. The van der Waals surface area contributed by atoms with Crippen LogP contribution in [0.3, 0.4) is 0 Å². The lowest BCUT2D eigenvalue weighted by Gasteiger charge is -2.20. The van der Waals surface area contributed by atoms with Gasteiger partial charge in [-0.05, 0) is 61.4 Å². The number of likely N-dealkylation sites (N-methyl/N-ethyl adjacent to an activating group) is 1. The molecular formula is C18H20BrClN2O2. The molecule has 2 aromatic carbocycles. The van der Waals surface area contributed by atoms with Crippen LogP contribution < -0.4 is 10.1 Å². The Morgan fingerprint density at radius 3 is 2.38 bits per heavy atom. The van der Waals surface area contributed by atoms with Crippen LogP contribution in [0.15, 0.2) is 40.9 Å². The summed E-state index contributed by atoms with van der Waals surface area (Å²) in [7, 11) is 1.74. The van der Waals surface area contributed by atoms with E-state index in [0.29, 0.717) is 18.2 Å². The Morgan fingerprint density at radius 2 is 1.79 bits per heavy atom. The second kappa shape index (κ2) is 8.40. The van der Waals surface area contributed by atoms with Gasteiger partial charge in [0.15, 0.2) is 0 Å². The van der Waals surface area contributed by atoms with Crippen molar-refractivity contribution in [3.63, 3.8) is 0 Å². The minimum atomic E-state index is -0.164. The van der Waals surface area contributed by atoms with Gasteiger partial charge in [0.1, 0.15) is 12.4 Å². The summed E-state index contributed by atoms with van der Waals surface area (Å²) >= 11 is 9.29. The Balaban J connectivity index is 1.87. The molecule has 128 valence electrons. The maximum absolute atomic E-state index is 12.3. The number of anilines is 1. The molecule has 0 fully saturated rings. The average molecular weight is 412 g/mol. The first-order valence-corrected chi connectivity index (χ1v) is 8.71. The molecule has 2 rings (SSSR count). The fourth-order valence-corrected chi connectivity index (χ4v) is 3.06. The van der Waals surface area contributed by atoms with Crippen LogP contribution in [0.5, 0.6) is 5.75 Å². The van der Waals surface area contributed by atoms with Gasteiger partial charge in [-0.2, -0.15) is 0 Å². The van der Waals surface area contributed by atoms with Gasteiger partial charge in [-0.1, -0.05) is 27.5 Å². The molecule has 2 amide bonds. The van der Waals surface area contributed by atoms with E-state index in [1.165, 1.54) is 0 Å². The van der Waals surface area contributed by atoms with Gasteiger partial charge in [-0.15, -0.1) is 0 Å². The summed E-state index contributed by atoms with van der Waals surface area (Å²) in [5.41, 5.74) is 2.87. The van der Waals surface area contributed by atoms with E-state index >= 15 is 0 Å². The number of nitrogens with one attached hydrogen (secondary N) is 1. The van der Waals surface area contributed by atoms with Crippen LogP contribution in [0.2, 0.25) is 5.02 Å². The van der Waals surface area contributed by atoms with Crippen LogP contribution in [0.4, 0.5) is 10.5 Å². The van der Waals surface area contributed by atoms with Crippen molar-refractivity contribution in [1.29, 1.82) is 0 Å². The highest BCUT2D eigenvalue weighted by atomic mass is 79.9. The smallest absolute Gasteiger partial charge is 0.321 e. The van der Waals surface area contributed by atoms with E-state index in [9.17, 15) is 4.79 Å². The number of carbonyl (C=O) groups is 1. The number of rotatable bonds is 5. The molecule has 1 N–H and O–H groups in total. The van der Waals surface area contributed by atoms with E-state index in [1.807, 2.05) is 26.0 Å². The van der Waals surface area contributed by atoms with Crippen molar-refractivity contribution >= 4 is 39.2 Å². The number of amides is 2. The third kappa shape index (κ3) is 5.14. The van der Waals surface area contributed by atoms with Gasteiger partial charge in [-0.25, -0.2) is 4.79 Å². The largest absolute Gasteiger partial charge is 0.492 e. The molecule has 0 heterocycles. The molecule has 4 nitrogen and oxygen atoms in total. The third-order valence-electron chi connectivity index (χ3n) is 3.59. The molecular weight excluding hydrogens is 392 g/mol. The standard InChI is InChI=1S/C18H20BrClN2O2/c1-12-10-14(19)11-13(2)17(12)21-18(23)22(3)8-9-24-16-6-4-15(20)5-7-16/h4-7,10-11H,8-9H2,1-3H3,(H,21,23). The second-order valence-corrected chi connectivity index (χ2v) is 6.92. The zero-order valence-corrected chi connectivity index (χ0v) is 16.2. The summed E-state index contributed by atoms with van der Waals surface area (Å²) in [6.45, 7) is 4.82. The number of ether oxygens (including phenoxy) is 1. The maximum Gasteiger partial charge on any atom is 0.321 e. The zero-order chi connectivity index (χ0) is 17.7. The number of hydrogen-bond donors (Lipinski definition) is 1. The minimum Gasteiger partial charge on any atom is -0.492 e. The summed E-state index contributed by atoms with van der Waals surface area (Å²) in [6, 6.07) is 10.9. The number of urea groups is 1. The normalized spacial score (nSPS) is 10.4. The third-order valence-corrected chi connectivity index (χ3v) is 4.29. The van der Waals surface area contributed by atoms with Gasteiger partial charge >= 0.3 is 6.03 Å².